The second-order valence-electron chi connectivity index (χ2n) is 6.22. The third kappa shape index (κ3) is 5.48. The van der Waals surface area contributed by atoms with Gasteiger partial charge < -0.3 is 15.0 Å². The Morgan fingerprint density at radius 2 is 1.92 bits per heavy atom. The smallest absolute Gasteiger partial charge is 0.318 e. The molecule has 134 valence electrons. The maximum absolute atomic E-state index is 12.5. The topological polar surface area (TPSA) is 54.5 Å². The second kappa shape index (κ2) is 9.06. The first-order chi connectivity index (χ1) is 12.0. The first-order valence-corrected chi connectivity index (χ1v) is 8.71. The van der Waals surface area contributed by atoms with Crippen molar-refractivity contribution in [2.45, 2.75) is 46.4 Å². The summed E-state index contributed by atoms with van der Waals surface area (Å²) in [5.74, 6) is 0.838. The van der Waals surface area contributed by atoms with E-state index in [4.69, 9.17) is 4.74 Å². The van der Waals surface area contributed by atoms with Gasteiger partial charge in [-0.1, -0.05) is 18.2 Å². The quantitative estimate of drug-likeness (QED) is 0.822. The number of ether oxygens (including phenoxy) is 1. The van der Waals surface area contributed by atoms with Crippen LogP contribution >= 0.6 is 0 Å². The molecule has 0 saturated carbocycles. The van der Waals surface area contributed by atoms with Crippen LogP contribution in [0.4, 0.5) is 4.79 Å². The molecule has 1 heterocycles. The van der Waals surface area contributed by atoms with Crippen LogP contribution in [-0.2, 0) is 6.54 Å². The summed E-state index contributed by atoms with van der Waals surface area (Å²) in [6.07, 6.45) is 3.69. The number of nitrogens with zero attached hydrogens (tertiary/aromatic N) is 2. The average Bonchev–Trinajstić information content (AvgIpc) is 2.62. The predicted octanol–water partition coefficient (Wildman–Crippen LogP) is 4.16. The number of carbonyl (C=O) groups is 1. The maximum Gasteiger partial charge on any atom is 0.318 e. The number of urea groups is 1. The van der Waals surface area contributed by atoms with E-state index < -0.39 is 0 Å². The Labute approximate surface area is 150 Å². The zero-order valence-electron chi connectivity index (χ0n) is 15.4. The van der Waals surface area contributed by atoms with Crippen molar-refractivity contribution in [3.05, 3.63) is 59.9 Å². The summed E-state index contributed by atoms with van der Waals surface area (Å²) in [5, 5.41) is 2.99. The molecule has 0 spiro atoms. The molecule has 1 aromatic heterocycles. The summed E-state index contributed by atoms with van der Waals surface area (Å²) < 4.78 is 5.63. The first kappa shape index (κ1) is 18.8. The number of amides is 2. The minimum absolute atomic E-state index is 0.0273. The van der Waals surface area contributed by atoms with Crippen molar-refractivity contribution < 1.29 is 9.53 Å². The minimum atomic E-state index is -0.0821. The molecule has 0 aliphatic carbocycles. The first-order valence-electron chi connectivity index (χ1n) is 8.71. The van der Waals surface area contributed by atoms with E-state index in [0.717, 1.165) is 16.9 Å². The van der Waals surface area contributed by atoms with E-state index in [1.807, 2.05) is 64.1 Å². The van der Waals surface area contributed by atoms with Crippen molar-refractivity contribution in [2.24, 2.45) is 0 Å². The Hall–Kier alpha value is -2.56. The highest BCUT2D eigenvalue weighted by molar-refractivity contribution is 5.74. The molecule has 0 aliphatic heterocycles. The lowest BCUT2D eigenvalue weighted by atomic mass is 10.1. The molecule has 0 bridgehead atoms. The monoisotopic (exact) mass is 341 g/mol. The number of pyridine rings is 1. The average molecular weight is 341 g/mol. The van der Waals surface area contributed by atoms with E-state index in [1.54, 1.807) is 17.3 Å². The second-order valence-corrected chi connectivity index (χ2v) is 6.22. The third-order valence-corrected chi connectivity index (χ3v) is 3.97. The van der Waals surface area contributed by atoms with Crippen LogP contribution in [0.25, 0.3) is 0 Å². The molecule has 2 aromatic rings. The van der Waals surface area contributed by atoms with Gasteiger partial charge in [-0.05, 0) is 57.0 Å². The Balaban J connectivity index is 1.93. The van der Waals surface area contributed by atoms with Gasteiger partial charge in [0.15, 0.2) is 0 Å². The molecule has 25 heavy (non-hydrogen) atoms. The van der Waals surface area contributed by atoms with Gasteiger partial charge in [-0.25, -0.2) is 4.79 Å². The van der Waals surface area contributed by atoms with E-state index in [1.165, 1.54) is 0 Å². The number of hydrogen-bond acceptors (Lipinski definition) is 3. The van der Waals surface area contributed by atoms with Crippen LogP contribution in [0.3, 0.4) is 0 Å². The van der Waals surface area contributed by atoms with Gasteiger partial charge in [-0.3, -0.25) is 4.98 Å². The number of benzene rings is 1. The van der Waals surface area contributed by atoms with Crippen LogP contribution < -0.4 is 10.1 Å². The van der Waals surface area contributed by atoms with Crippen LogP contribution in [-0.4, -0.2) is 28.6 Å². The standard InChI is InChI=1S/C20H27N3O2/c1-5-23(16(4)18-7-6-12-21-14-18)20(24)22-13-17-8-10-19(11-9-17)25-15(2)3/h6-12,14-16H,5,13H2,1-4H3,(H,22,24)/t16-/m1/s1. The lowest BCUT2D eigenvalue weighted by Crippen LogP contribution is -2.41. The highest BCUT2D eigenvalue weighted by Gasteiger charge is 2.19. The van der Waals surface area contributed by atoms with E-state index in [9.17, 15) is 4.79 Å². The fourth-order valence-corrected chi connectivity index (χ4v) is 2.63. The molecular weight excluding hydrogens is 314 g/mol. The minimum Gasteiger partial charge on any atom is -0.491 e. The molecule has 0 radical (unpaired) electrons. The molecule has 0 saturated heterocycles. The van der Waals surface area contributed by atoms with Gasteiger partial charge >= 0.3 is 6.03 Å². The summed E-state index contributed by atoms with van der Waals surface area (Å²) in [6.45, 7) is 9.09. The Bertz CT molecular complexity index is 656. The van der Waals surface area contributed by atoms with E-state index >= 15 is 0 Å². The SMILES string of the molecule is CCN(C(=O)NCc1ccc(OC(C)C)cc1)[C@H](C)c1cccnc1. The van der Waals surface area contributed by atoms with E-state index in [-0.39, 0.29) is 18.2 Å². The Kier molecular flexibility index (Phi) is 6.81. The van der Waals surface area contributed by atoms with Gasteiger partial charge in [0, 0.05) is 25.5 Å². The molecule has 0 unspecified atom stereocenters. The van der Waals surface area contributed by atoms with Gasteiger partial charge in [0.05, 0.1) is 12.1 Å². The largest absolute Gasteiger partial charge is 0.491 e. The van der Waals surface area contributed by atoms with Crippen LogP contribution in [0.2, 0.25) is 0 Å². The fourth-order valence-electron chi connectivity index (χ4n) is 2.63. The van der Waals surface area contributed by atoms with Gasteiger partial charge in [0.2, 0.25) is 0 Å². The third-order valence-electron chi connectivity index (χ3n) is 3.97. The van der Waals surface area contributed by atoms with Crippen LogP contribution in [0.5, 0.6) is 5.75 Å². The highest BCUT2D eigenvalue weighted by Crippen LogP contribution is 2.19. The van der Waals surface area contributed by atoms with Gasteiger partial charge in [-0.2, -0.15) is 0 Å². The molecular formula is C20H27N3O2. The summed E-state index contributed by atoms with van der Waals surface area (Å²) in [6, 6.07) is 11.6. The molecule has 2 amide bonds. The van der Waals surface area contributed by atoms with E-state index in [2.05, 4.69) is 10.3 Å². The molecule has 0 aliphatic rings. The number of aromatic nitrogens is 1. The molecule has 2 rings (SSSR count). The predicted molar refractivity (Wildman–Crippen MR) is 99.5 cm³/mol. The maximum atomic E-state index is 12.5. The Morgan fingerprint density at radius 3 is 2.48 bits per heavy atom. The molecule has 1 N–H and O–H groups in total. The summed E-state index contributed by atoms with van der Waals surface area (Å²) in [5.41, 5.74) is 2.06. The van der Waals surface area contributed by atoms with Crippen molar-refractivity contribution in [3.63, 3.8) is 0 Å². The van der Waals surface area contributed by atoms with Crippen molar-refractivity contribution in [1.29, 1.82) is 0 Å². The van der Waals surface area contributed by atoms with Crippen molar-refractivity contribution in [2.75, 3.05) is 6.54 Å². The molecule has 1 aromatic carbocycles. The summed E-state index contributed by atoms with van der Waals surface area (Å²) in [7, 11) is 0. The zero-order chi connectivity index (χ0) is 18.2. The number of nitrogens with one attached hydrogen (secondary N) is 1. The summed E-state index contributed by atoms with van der Waals surface area (Å²) >= 11 is 0. The Morgan fingerprint density at radius 1 is 1.20 bits per heavy atom. The van der Waals surface area contributed by atoms with Gasteiger partial charge in [0.25, 0.3) is 0 Å². The van der Waals surface area contributed by atoms with Crippen molar-refractivity contribution >= 4 is 6.03 Å². The van der Waals surface area contributed by atoms with E-state index in [0.29, 0.717) is 13.1 Å². The normalized spacial score (nSPS) is 11.9. The van der Waals surface area contributed by atoms with Gasteiger partial charge in [-0.15, -0.1) is 0 Å². The summed E-state index contributed by atoms with van der Waals surface area (Å²) in [4.78, 5) is 18.5. The fraction of sp³-hybridized carbons (Fsp3) is 0.400. The number of carbonyl (C=O) groups excluding carboxylic acids is 1. The van der Waals surface area contributed by atoms with Gasteiger partial charge in [0.1, 0.15) is 5.75 Å². The zero-order valence-corrected chi connectivity index (χ0v) is 15.4. The van der Waals surface area contributed by atoms with Crippen LogP contribution in [0.15, 0.2) is 48.8 Å². The van der Waals surface area contributed by atoms with Crippen molar-refractivity contribution in [3.8, 4) is 5.75 Å². The molecule has 5 heteroatoms. The lowest BCUT2D eigenvalue weighted by molar-refractivity contribution is 0.182. The molecule has 1 atom stereocenters. The van der Waals surface area contributed by atoms with Crippen molar-refractivity contribution in [1.82, 2.24) is 15.2 Å². The molecule has 5 nitrogen and oxygen atoms in total. The van der Waals surface area contributed by atoms with Crippen LogP contribution in [0.1, 0.15) is 44.9 Å². The number of hydrogen-bond donors (Lipinski definition) is 1. The lowest BCUT2D eigenvalue weighted by Gasteiger charge is -2.28. The van der Waals surface area contributed by atoms with Crippen LogP contribution in [0, 0.1) is 0 Å². The molecule has 0 fully saturated rings. The highest BCUT2D eigenvalue weighted by atomic mass is 16.5. The number of rotatable bonds is 7.